The number of aliphatic imine (C=N–C) groups is 1. The smallest absolute Gasteiger partial charge is 0.279 e. The highest BCUT2D eigenvalue weighted by Gasteiger charge is 2.25. The Hall–Kier alpha value is -2.78. The lowest BCUT2D eigenvalue weighted by atomic mass is 10.2. The molecule has 0 aliphatic carbocycles. The van der Waals surface area contributed by atoms with Crippen LogP contribution in [0.1, 0.15) is 21.5 Å². The van der Waals surface area contributed by atoms with Gasteiger partial charge in [-0.15, -0.1) is 0 Å². The first-order chi connectivity index (χ1) is 16.8. The lowest BCUT2D eigenvalue weighted by molar-refractivity contribution is -0.115. The average Bonchev–Trinajstić information content (AvgIpc) is 3.17. The Bertz CT molecular complexity index is 1360. The van der Waals surface area contributed by atoms with Gasteiger partial charge in [0.25, 0.3) is 11.8 Å². The first-order valence-electron chi connectivity index (χ1n) is 10.2. The number of ether oxygens (including phenoxy) is 2. The number of carbonyl (C=O) groups is 2. The second kappa shape index (κ2) is 11.3. The van der Waals surface area contributed by atoms with Crippen molar-refractivity contribution in [2.45, 2.75) is 6.61 Å². The first-order valence-corrected chi connectivity index (χ1v) is 12.5. The fraction of sp³-hybridized carbons (Fsp3) is 0.0800. The van der Waals surface area contributed by atoms with E-state index >= 15 is 0 Å². The van der Waals surface area contributed by atoms with Gasteiger partial charge in [-0.05, 0) is 75.7 Å². The van der Waals surface area contributed by atoms with E-state index in [2.05, 4.69) is 26.2 Å². The van der Waals surface area contributed by atoms with Crippen LogP contribution >= 0.6 is 50.9 Å². The summed E-state index contributed by atoms with van der Waals surface area (Å²) in [5.74, 6) is 0.177. The predicted octanol–water partition coefficient (Wildman–Crippen LogP) is 6.74. The molecule has 0 saturated carbocycles. The van der Waals surface area contributed by atoms with Crippen LogP contribution in [0.25, 0.3) is 6.08 Å². The third-order valence-corrected chi connectivity index (χ3v) is 6.90. The van der Waals surface area contributed by atoms with E-state index in [0.29, 0.717) is 42.0 Å². The second-order valence-electron chi connectivity index (χ2n) is 7.21. The molecule has 0 unspecified atom stereocenters. The Kier molecular flexibility index (Phi) is 8.18. The van der Waals surface area contributed by atoms with Crippen LogP contribution in [0.4, 0.5) is 0 Å². The summed E-state index contributed by atoms with van der Waals surface area (Å²) in [4.78, 5) is 29.2. The van der Waals surface area contributed by atoms with E-state index in [0.717, 1.165) is 17.3 Å². The number of nitrogens with zero attached hydrogens (tertiary/aromatic N) is 1. The van der Waals surface area contributed by atoms with Gasteiger partial charge in [0.1, 0.15) is 6.61 Å². The van der Waals surface area contributed by atoms with Crippen LogP contribution in [0.15, 0.2) is 75.0 Å². The maximum atomic E-state index is 12.4. The SMILES string of the molecule is COc1cc(/C=C2\SC(=NC(=O)c3ccccc3)NC2=O)cc(Br)c1OCc1ccc(Cl)cc1Cl. The summed E-state index contributed by atoms with van der Waals surface area (Å²) in [6.45, 7) is 0.207. The van der Waals surface area contributed by atoms with Crippen molar-refractivity contribution < 1.29 is 19.1 Å². The largest absolute Gasteiger partial charge is 0.493 e. The van der Waals surface area contributed by atoms with Crippen LogP contribution in [-0.4, -0.2) is 24.1 Å². The van der Waals surface area contributed by atoms with Gasteiger partial charge in [0.2, 0.25) is 0 Å². The van der Waals surface area contributed by atoms with Gasteiger partial charge in [0.15, 0.2) is 16.7 Å². The molecule has 0 aromatic heterocycles. The van der Waals surface area contributed by atoms with Gasteiger partial charge in [0.05, 0.1) is 16.5 Å². The molecule has 3 aromatic carbocycles. The normalized spacial score (nSPS) is 15.4. The van der Waals surface area contributed by atoms with Gasteiger partial charge in [-0.25, -0.2) is 0 Å². The molecule has 35 heavy (non-hydrogen) atoms. The summed E-state index contributed by atoms with van der Waals surface area (Å²) in [7, 11) is 1.53. The summed E-state index contributed by atoms with van der Waals surface area (Å²) in [5.41, 5.74) is 1.91. The number of hydrogen-bond donors (Lipinski definition) is 1. The topological polar surface area (TPSA) is 77.0 Å². The quantitative estimate of drug-likeness (QED) is 0.321. The number of halogens is 3. The average molecular weight is 592 g/mol. The standard InChI is InChI=1S/C25H17BrCl2N2O4S/c1-33-20-10-14(9-18(26)22(20)34-13-16-7-8-17(27)12-19(16)28)11-21-24(32)30-25(35-21)29-23(31)15-5-3-2-4-6-15/h2-12H,13H2,1H3,(H,29,30,31,32)/b21-11-. The molecule has 0 bridgehead atoms. The van der Waals surface area contributed by atoms with Gasteiger partial charge < -0.3 is 14.8 Å². The molecule has 0 radical (unpaired) electrons. The van der Waals surface area contributed by atoms with E-state index in [1.165, 1.54) is 7.11 Å². The third kappa shape index (κ3) is 6.27. The van der Waals surface area contributed by atoms with Gasteiger partial charge in [-0.1, -0.05) is 47.5 Å². The Balaban J connectivity index is 1.52. The van der Waals surface area contributed by atoms with Gasteiger partial charge in [-0.2, -0.15) is 4.99 Å². The fourth-order valence-corrected chi connectivity index (χ4v) is 4.98. The van der Waals surface area contributed by atoms with Crippen molar-refractivity contribution in [3.8, 4) is 11.5 Å². The van der Waals surface area contributed by atoms with Crippen molar-refractivity contribution in [3.63, 3.8) is 0 Å². The maximum Gasteiger partial charge on any atom is 0.279 e. The molecule has 1 aliphatic rings. The van der Waals surface area contributed by atoms with Crippen LogP contribution in [-0.2, 0) is 11.4 Å². The molecular formula is C25H17BrCl2N2O4S. The molecule has 1 fully saturated rings. The van der Waals surface area contributed by atoms with Crippen molar-refractivity contribution in [3.05, 3.63) is 96.8 Å². The van der Waals surface area contributed by atoms with E-state index in [-0.39, 0.29) is 17.7 Å². The maximum absolute atomic E-state index is 12.4. The number of hydrogen-bond acceptors (Lipinski definition) is 5. The van der Waals surface area contributed by atoms with E-state index in [1.54, 1.807) is 60.7 Å². The number of amidine groups is 1. The van der Waals surface area contributed by atoms with E-state index in [4.69, 9.17) is 32.7 Å². The highest BCUT2D eigenvalue weighted by Crippen LogP contribution is 2.39. The Morgan fingerprint density at radius 1 is 1.14 bits per heavy atom. The summed E-state index contributed by atoms with van der Waals surface area (Å²) in [5, 5.41) is 3.89. The predicted molar refractivity (Wildman–Crippen MR) is 143 cm³/mol. The molecule has 0 atom stereocenters. The first kappa shape index (κ1) is 25.3. The number of thioether (sulfide) groups is 1. The summed E-state index contributed by atoms with van der Waals surface area (Å²) in [6, 6.07) is 17.4. The zero-order valence-electron chi connectivity index (χ0n) is 18.2. The fourth-order valence-electron chi connectivity index (χ4n) is 3.12. The molecule has 1 heterocycles. The van der Waals surface area contributed by atoms with Crippen molar-refractivity contribution in [2.24, 2.45) is 4.99 Å². The third-order valence-electron chi connectivity index (χ3n) is 4.81. The molecular weight excluding hydrogens is 575 g/mol. The number of carbonyl (C=O) groups excluding carboxylic acids is 2. The minimum Gasteiger partial charge on any atom is -0.493 e. The highest BCUT2D eigenvalue weighted by atomic mass is 79.9. The van der Waals surface area contributed by atoms with Crippen molar-refractivity contribution in [1.29, 1.82) is 0 Å². The molecule has 1 aliphatic heterocycles. The highest BCUT2D eigenvalue weighted by molar-refractivity contribution is 9.10. The van der Waals surface area contributed by atoms with E-state index < -0.39 is 5.91 Å². The van der Waals surface area contributed by atoms with Crippen LogP contribution in [0.5, 0.6) is 11.5 Å². The summed E-state index contributed by atoms with van der Waals surface area (Å²) < 4.78 is 12.1. The number of rotatable bonds is 6. The Labute approximate surface area is 224 Å². The molecule has 4 rings (SSSR count). The van der Waals surface area contributed by atoms with Crippen molar-refractivity contribution in [2.75, 3.05) is 7.11 Å². The number of nitrogens with one attached hydrogen (secondary N) is 1. The Morgan fingerprint density at radius 2 is 1.91 bits per heavy atom. The second-order valence-corrected chi connectivity index (χ2v) is 9.94. The van der Waals surface area contributed by atoms with E-state index in [9.17, 15) is 9.59 Å². The van der Waals surface area contributed by atoms with E-state index in [1.807, 2.05) is 6.07 Å². The van der Waals surface area contributed by atoms with Crippen LogP contribution < -0.4 is 14.8 Å². The molecule has 1 N–H and O–H groups in total. The lowest BCUT2D eigenvalue weighted by Crippen LogP contribution is -2.20. The molecule has 2 amide bonds. The van der Waals surface area contributed by atoms with Crippen molar-refractivity contribution >= 4 is 74.0 Å². The molecule has 10 heteroatoms. The van der Waals surface area contributed by atoms with Crippen LogP contribution in [0.3, 0.4) is 0 Å². The van der Waals surface area contributed by atoms with Crippen molar-refractivity contribution in [1.82, 2.24) is 5.32 Å². The number of methoxy groups -OCH3 is 1. The van der Waals surface area contributed by atoms with Gasteiger partial charge in [0, 0.05) is 21.2 Å². The molecule has 0 spiro atoms. The minimum absolute atomic E-state index is 0.207. The minimum atomic E-state index is -0.429. The van der Waals surface area contributed by atoms with Gasteiger partial charge >= 0.3 is 0 Å². The number of benzene rings is 3. The van der Waals surface area contributed by atoms with Crippen LogP contribution in [0, 0.1) is 0 Å². The molecule has 178 valence electrons. The Morgan fingerprint density at radius 3 is 2.63 bits per heavy atom. The molecule has 1 saturated heterocycles. The molecule has 3 aromatic rings. The number of amides is 2. The monoisotopic (exact) mass is 590 g/mol. The zero-order valence-corrected chi connectivity index (χ0v) is 22.1. The summed E-state index contributed by atoms with van der Waals surface area (Å²) >= 11 is 16.8. The lowest BCUT2D eigenvalue weighted by Gasteiger charge is -2.14. The van der Waals surface area contributed by atoms with Crippen LogP contribution in [0.2, 0.25) is 10.0 Å². The van der Waals surface area contributed by atoms with Gasteiger partial charge in [-0.3, -0.25) is 9.59 Å². The summed E-state index contributed by atoms with van der Waals surface area (Å²) in [6.07, 6.45) is 1.68. The molecule has 6 nitrogen and oxygen atoms in total. The zero-order chi connectivity index (χ0) is 24.9.